The van der Waals surface area contributed by atoms with E-state index in [1.54, 1.807) is 0 Å². The Kier molecular flexibility index (Phi) is 3.66. The van der Waals surface area contributed by atoms with E-state index in [0.717, 1.165) is 25.3 Å². The van der Waals surface area contributed by atoms with E-state index >= 15 is 0 Å². The van der Waals surface area contributed by atoms with Crippen LogP contribution >= 0.6 is 11.6 Å². The Balaban J connectivity index is 1.65. The number of likely N-dealkylation sites (tertiary alicyclic amines) is 1. The largest absolute Gasteiger partial charge is 0.325 e. The molecule has 0 radical (unpaired) electrons. The average molecular weight is 279 g/mol. The Morgan fingerprint density at radius 2 is 2.16 bits per heavy atom. The molecule has 1 aliphatic heterocycles. The standard InChI is InChI=1S/C13H15ClN4O/c14-11-5-3-4-10(8-11)12-16-13(19-17-12)15-9-18-6-1-2-7-18/h3-5,8H,1-2,6-7,9H2,(H,15,16,17). The summed E-state index contributed by atoms with van der Waals surface area (Å²) in [4.78, 5) is 6.63. The lowest BCUT2D eigenvalue weighted by Crippen LogP contribution is -2.26. The maximum Gasteiger partial charge on any atom is 0.322 e. The first-order valence-electron chi connectivity index (χ1n) is 6.37. The van der Waals surface area contributed by atoms with Crippen LogP contribution in [0.15, 0.2) is 28.8 Å². The summed E-state index contributed by atoms with van der Waals surface area (Å²) in [6, 6.07) is 7.85. The van der Waals surface area contributed by atoms with Gasteiger partial charge in [0.2, 0.25) is 5.82 Å². The molecule has 1 aliphatic rings. The van der Waals surface area contributed by atoms with Crippen molar-refractivity contribution >= 4 is 17.6 Å². The number of anilines is 1. The number of nitrogens with zero attached hydrogens (tertiary/aromatic N) is 3. The first-order valence-corrected chi connectivity index (χ1v) is 6.75. The SMILES string of the molecule is Clc1cccc(-c2noc(NCN3CCCC3)n2)c1. The highest BCUT2D eigenvalue weighted by Gasteiger charge is 2.13. The molecule has 3 rings (SSSR count). The van der Waals surface area contributed by atoms with Crippen molar-refractivity contribution in [3.8, 4) is 11.4 Å². The van der Waals surface area contributed by atoms with Gasteiger partial charge in [-0.3, -0.25) is 4.90 Å². The number of aromatic nitrogens is 2. The third-order valence-corrected chi connectivity index (χ3v) is 3.40. The fourth-order valence-electron chi connectivity index (χ4n) is 2.16. The summed E-state index contributed by atoms with van der Waals surface area (Å²) >= 11 is 5.94. The van der Waals surface area contributed by atoms with E-state index in [0.29, 0.717) is 16.9 Å². The van der Waals surface area contributed by atoms with Gasteiger partial charge in [0, 0.05) is 10.6 Å². The molecule has 1 saturated heterocycles. The number of benzene rings is 1. The Labute approximate surface area is 116 Å². The number of nitrogens with one attached hydrogen (secondary N) is 1. The number of hydrogen-bond acceptors (Lipinski definition) is 5. The third kappa shape index (κ3) is 3.05. The average Bonchev–Trinajstić information content (AvgIpc) is 3.08. The molecule has 1 aromatic carbocycles. The van der Waals surface area contributed by atoms with Gasteiger partial charge in [0.05, 0.1) is 6.67 Å². The molecule has 1 aromatic heterocycles. The Bertz CT molecular complexity index is 551. The number of hydrogen-bond donors (Lipinski definition) is 1. The highest BCUT2D eigenvalue weighted by molar-refractivity contribution is 6.30. The van der Waals surface area contributed by atoms with Gasteiger partial charge in [-0.15, -0.1) is 0 Å². The van der Waals surface area contributed by atoms with E-state index < -0.39 is 0 Å². The summed E-state index contributed by atoms with van der Waals surface area (Å²) in [7, 11) is 0. The van der Waals surface area contributed by atoms with Crippen molar-refractivity contribution in [1.82, 2.24) is 15.0 Å². The van der Waals surface area contributed by atoms with E-state index in [1.807, 2.05) is 24.3 Å². The summed E-state index contributed by atoms with van der Waals surface area (Å²) in [6.45, 7) is 3.00. The van der Waals surface area contributed by atoms with Crippen molar-refractivity contribution in [2.45, 2.75) is 12.8 Å². The van der Waals surface area contributed by atoms with Gasteiger partial charge in [-0.1, -0.05) is 28.9 Å². The molecule has 100 valence electrons. The predicted molar refractivity (Wildman–Crippen MR) is 74.0 cm³/mol. The molecule has 0 spiro atoms. The van der Waals surface area contributed by atoms with Gasteiger partial charge < -0.3 is 9.84 Å². The van der Waals surface area contributed by atoms with Crippen LogP contribution in [0.5, 0.6) is 0 Å². The Hall–Kier alpha value is -1.59. The van der Waals surface area contributed by atoms with Gasteiger partial charge in [0.25, 0.3) is 0 Å². The van der Waals surface area contributed by atoms with Crippen molar-refractivity contribution in [3.63, 3.8) is 0 Å². The molecule has 0 saturated carbocycles. The quantitative estimate of drug-likeness (QED) is 0.932. The van der Waals surface area contributed by atoms with Crippen LogP contribution in [0.25, 0.3) is 11.4 Å². The van der Waals surface area contributed by atoms with Gasteiger partial charge >= 0.3 is 6.01 Å². The summed E-state index contributed by atoms with van der Waals surface area (Å²) in [5, 5.41) is 7.75. The lowest BCUT2D eigenvalue weighted by Gasteiger charge is -2.13. The normalized spacial score (nSPS) is 15.8. The van der Waals surface area contributed by atoms with Crippen LogP contribution < -0.4 is 5.32 Å². The highest BCUT2D eigenvalue weighted by Crippen LogP contribution is 2.21. The molecule has 5 nitrogen and oxygen atoms in total. The molecule has 0 amide bonds. The minimum absolute atomic E-state index is 0.446. The fourth-order valence-corrected chi connectivity index (χ4v) is 2.35. The lowest BCUT2D eigenvalue weighted by molar-refractivity contribution is 0.352. The monoisotopic (exact) mass is 278 g/mol. The summed E-state index contributed by atoms with van der Waals surface area (Å²) in [5.41, 5.74) is 0.852. The van der Waals surface area contributed by atoms with Crippen molar-refractivity contribution in [3.05, 3.63) is 29.3 Å². The van der Waals surface area contributed by atoms with Crippen LogP contribution in [0.1, 0.15) is 12.8 Å². The van der Waals surface area contributed by atoms with E-state index in [4.69, 9.17) is 16.1 Å². The summed E-state index contributed by atoms with van der Waals surface area (Å²) < 4.78 is 5.18. The van der Waals surface area contributed by atoms with Crippen LogP contribution in [0.2, 0.25) is 5.02 Å². The van der Waals surface area contributed by atoms with E-state index in [1.165, 1.54) is 12.8 Å². The Morgan fingerprint density at radius 3 is 2.95 bits per heavy atom. The predicted octanol–water partition coefficient (Wildman–Crippen LogP) is 2.86. The second kappa shape index (κ2) is 5.59. The first-order chi connectivity index (χ1) is 9.31. The fraction of sp³-hybridized carbons (Fsp3) is 0.385. The number of halogens is 1. The zero-order valence-electron chi connectivity index (χ0n) is 10.5. The van der Waals surface area contributed by atoms with Crippen LogP contribution in [0, 0.1) is 0 Å². The zero-order chi connectivity index (χ0) is 13.1. The Morgan fingerprint density at radius 1 is 1.32 bits per heavy atom. The molecule has 6 heteroatoms. The molecule has 0 bridgehead atoms. The molecular formula is C13H15ClN4O. The smallest absolute Gasteiger partial charge is 0.322 e. The minimum atomic E-state index is 0.446. The van der Waals surface area contributed by atoms with E-state index in [2.05, 4.69) is 20.4 Å². The highest BCUT2D eigenvalue weighted by atomic mass is 35.5. The lowest BCUT2D eigenvalue weighted by atomic mass is 10.2. The second-order valence-electron chi connectivity index (χ2n) is 4.59. The van der Waals surface area contributed by atoms with Crippen LogP contribution in [-0.4, -0.2) is 34.8 Å². The minimum Gasteiger partial charge on any atom is -0.325 e. The number of rotatable bonds is 4. The van der Waals surface area contributed by atoms with Crippen LogP contribution in [0.3, 0.4) is 0 Å². The maximum absolute atomic E-state index is 5.94. The topological polar surface area (TPSA) is 54.2 Å². The maximum atomic E-state index is 5.94. The molecule has 1 N–H and O–H groups in total. The molecule has 0 atom stereocenters. The van der Waals surface area contributed by atoms with Gasteiger partial charge in [0.1, 0.15) is 0 Å². The molecular weight excluding hydrogens is 264 g/mol. The second-order valence-corrected chi connectivity index (χ2v) is 5.03. The van der Waals surface area contributed by atoms with Crippen LogP contribution in [-0.2, 0) is 0 Å². The van der Waals surface area contributed by atoms with E-state index in [9.17, 15) is 0 Å². The van der Waals surface area contributed by atoms with Crippen molar-refractivity contribution in [2.75, 3.05) is 25.1 Å². The molecule has 0 unspecified atom stereocenters. The zero-order valence-corrected chi connectivity index (χ0v) is 11.2. The summed E-state index contributed by atoms with van der Waals surface area (Å²) in [5.74, 6) is 0.548. The van der Waals surface area contributed by atoms with Gasteiger partial charge in [-0.25, -0.2) is 0 Å². The third-order valence-electron chi connectivity index (χ3n) is 3.16. The molecule has 0 aliphatic carbocycles. The molecule has 1 fully saturated rings. The van der Waals surface area contributed by atoms with Gasteiger partial charge in [-0.05, 0) is 38.1 Å². The van der Waals surface area contributed by atoms with Crippen LogP contribution in [0.4, 0.5) is 6.01 Å². The molecule has 2 heterocycles. The van der Waals surface area contributed by atoms with Gasteiger partial charge in [-0.2, -0.15) is 4.98 Å². The van der Waals surface area contributed by atoms with Gasteiger partial charge in [0.15, 0.2) is 0 Å². The van der Waals surface area contributed by atoms with Crippen molar-refractivity contribution in [1.29, 1.82) is 0 Å². The van der Waals surface area contributed by atoms with Crippen molar-refractivity contribution in [2.24, 2.45) is 0 Å². The summed E-state index contributed by atoms with van der Waals surface area (Å²) in [6.07, 6.45) is 2.53. The molecule has 19 heavy (non-hydrogen) atoms. The first kappa shape index (κ1) is 12.4. The molecule has 2 aromatic rings. The van der Waals surface area contributed by atoms with Crippen molar-refractivity contribution < 1.29 is 4.52 Å². The van der Waals surface area contributed by atoms with E-state index in [-0.39, 0.29) is 0 Å².